The number of thiophene rings is 1. The molecule has 0 aliphatic heterocycles. The molecule has 0 bridgehead atoms. The zero-order valence-corrected chi connectivity index (χ0v) is 21.2. The van der Waals surface area contributed by atoms with Gasteiger partial charge in [0.2, 0.25) is 5.82 Å². The molecular formula is C24H25N3O5S2. The summed E-state index contributed by atoms with van der Waals surface area (Å²) >= 11 is 1.23. The molecule has 2 heterocycles. The second-order valence-electron chi connectivity index (χ2n) is 7.58. The van der Waals surface area contributed by atoms with Crippen molar-refractivity contribution in [2.75, 3.05) is 25.1 Å². The lowest BCUT2D eigenvalue weighted by molar-refractivity contribution is 0.311. The summed E-state index contributed by atoms with van der Waals surface area (Å²) in [5, 5.41) is 5.75. The fraction of sp³-hybridized carbons (Fsp3) is 0.250. The zero-order valence-electron chi connectivity index (χ0n) is 19.5. The molecule has 2 aromatic carbocycles. The molecule has 2 aromatic heterocycles. The number of anilines is 1. The summed E-state index contributed by atoms with van der Waals surface area (Å²) in [6, 6.07) is 12.4. The number of nitrogens with zero attached hydrogens (tertiary/aromatic N) is 3. The van der Waals surface area contributed by atoms with Crippen molar-refractivity contribution in [2.45, 2.75) is 25.7 Å². The molecule has 4 rings (SSSR count). The van der Waals surface area contributed by atoms with E-state index in [1.807, 2.05) is 32.9 Å². The van der Waals surface area contributed by atoms with E-state index in [2.05, 4.69) is 10.1 Å². The molecular weight excluding hydrogens is 474 g/mol. The van der Waals surface area contributed by atoms with Crippen molar-refractivity contribution in [3.8, 4) is 33.7 Å². The monoisotopic (exact) mass is 499 g/mol. The minimum absolute atomic E-state index is 0.109. The molecule has 0 atom stereocenters. The Kier molecular flexibility index (Phi) is 6.63. The number of rotatable bonds is 8. The lowest BCUT2D eigenvalue weighted by Gasteiger charge is -2.20. The van der Waals surface area contributed by atoms with Crippen molar-refractivity contribution in [1.29, 1.82) is 0 Å². The number of aromatic nitrogens is 2. The van der Waals surface area contributed by atoms with E-state index in [4.69, 9.17) is 14.0 Å². The van der Waals surface area contributed by atoms with Crippen molar-refractivity contribution in [3.05, 3.63) is 59.0 Å². The summed E-state index contributed by atoms with van der Waals surface area (Å²) in [4.78, 5) is 4.95. The normalized spacial score (nSPS) is 11.4. The summed E-state index contributed by atoms with van der Waals surface area (Å²) in [5.74, 6) is 1.60. The fourth-order valence-corrected chi connectivity index (χ4v) is 5.88. The van der Waals surface area contributed by atoms with Gasteiger partial charge in [-0.15, -0.1) is 11.3 Å². The van der Waals surface area contributed by atoms with Crippen LogP contribution >= 0.6 is 11.3 Å². The fourth-order valence-electron chi connectivity index (χ4n) is 3.38. The van der Waals surface area contributed by atoms with Crippen LogP contribution < -0.4 is 13.8 Å². The van der Waals surface area contributed by atoms with Crippen molar-refractivity contribution < 1.29 is 22.4 Å². The van der Waals surface area contributed by atoms with Gasteiger partial charge in [-0.25, -0.2) is 8.42 Å². The van der Waals surface area contributed by atoms with Gasteiger partial charge in [0.1, 0.15) is 9.77 Å². The molecule has 0 N–H and O–H groups in total. The molecule has 0 saturated carbocycles. The average molecular weight is 500 g/mol. The van der Waals surface area contributed by atoms with Crippen LogP contribution in [-0.2, 0) is 10.0 Å². The van der Waals surface area contributed by atoms with Gasteiger partial charge in [0.05, 0.1) is 19.4 Å². The van der Waals surface area contributed by atoms with Crippen LogP contribution in [-0.4, -0.2) is 39.3 Å². The van der Waals surface area contributed by atoms with E-state index >= 15 is 0 Å². The van der Waals surface area contributed by atoms with Crippen LogP contribution in [0.15, 0.2) is 57.3 Å². The lowest BCUT2D eigenvalue weighted by Crippen LogP contribution is -2.26. The Bertz CT molecular complexity index is 1430. The number of methoxy groups -OCH3 is 1. The molecule has 0 aliphatic carbocycles. The largest absolute Gasteiger partial charge is 0.493 e. The number of ether oxygens (including phenoxy) is 2. The van der Waals surface area contributed by atoms with E-state index < -0.39 is 10.0 Å². The Morgan fingerprint density at radius 1 is 1.06 bits per heavy atom. The van der Waals surface area contributed by atoms with Crippen molar-refractivity contribution in [2.24, 2.45) is 0 Å². The van der Waals surface area contributed by atoms with Gasteiger partial charge in [-0.3, -0.25) is 4.31 Å². The van der Waals surface area contributed by atoms with Crippen LogP contribution in [0.25, 0.3) is 22.2 Å². The van der Waals surface area contributed by atoms with Gasteiger partial charge in [-0.2, -0.15) is 4.98 Å². The number of sulfonamides is 1. The Hall–Kier alpha value is -3.37. The molecule has 4 aromatic rings. The van der Waals surface area contributed by atoms with Gasteiger partial charge in [0.15, 0.2) is 11.5 Å². The molecule has 178 valence electrons. The summed E-state index contributed by atoms with van der Waals surface area (Å²) in [6.45, 7) is 6.33. The third-order valence-corrected chi connectivity index (χ3v) is 8.32. The van der Waals surface area contributed by atoms with Gasteiger partial charge in [0, 0.05) is 12.6 Å². The summed E-state index contributed by atoms with van der Waals surface area (Å²) in [7, 11) is -0.768. The van der Waals surface area contributed by atoms with Crippen LogP contribution in [0.3, 0.4) is 0 Å². The van der Waals surface area contributed by atoms with Gasteiger partial charge < -0.3 is 14.0 Å². The molecule has 0 aliphatic rings. The molecule has 8 nitrogen and oxygen atoms in total. The van der Waals surface area contributed by atoms with Crippen molar-refractivity contribution in [1.82, 2.24) is 10.1 Å². The van der Waals surface area contributed by atoms with E-state index in [-0.39, 0.29) is 10.8 Å². The topological polar surface area (TPSA) is 94.8 Å². The first-order valence-corrected chi connectivity index (χ1v) is 12.9. The molecule has 0 unspecified atom stereocenters. The van der Waals surface area contributed by atoms with E-state index in [1.165, 1.54) is 22.7 Å². The predicted molar refractivity (Wildman–Crippen MR) is 132 cm³/mol. The Morgan fingerprint density at radius 3 is 2.56 bits per heavy atom. The lowest BCUT2D eigenvalue weighted by atomic mass is 10.1. The Balaban J connectivity index is 1.68. The van der Waals surface area contributed by atoms with Gasteiger partial charge in [-0.05, 0) is 73.7 Å². The first kappa shape index (κ1) is 23.8. The maximum atomic E-state index is 13.5. The molecule has 0 saturated heterocycles. The van der Waals surface area contributed by atoms with Crippen LogP contribution in [0, 0.1) is 13.8 Å². The highest BCUT2D eigenvalue weighted by molar-refractivity contribution is 7.93. The third kappa shape index (κ3) is 4.38. The molecule has 0 radical (unpaired) electrons. The second-order valence-corrected chi connectivity index (χ2v) is 10.4. The highest BCUT2D eigenvalue weighted by Gasteiger charge is 2.29. The summed E-state index contributed by atoms with van der Waals surface area (Å²) < 4.78 is 44.6. The molecule has 0 amide bonds. The number of hydrogen-bond donors (Lipinski definition) is 0. The Labute approximate surface area is 202 Å². The maximum Gasteiger partial charge on any atom is 0.269 e. The van der Waals surface area contributed by atoms with Crippen LogP contribution in [0.4, 0.5) is 5.69 Å². The van der Waals surface area contributed by atoms with Gasteiger partial charge >= 0.3 is 0 Å². The van der Waals surface area contributed by atoms with Crippen molar-refractivity contribution >= 4 is 27.0 Å². The van der Waals surface area contributed by atoms with Gasteiger partial charge in [-0.1, -0.05) is 11.2 Å². The summed E-state index contributed by atoms with van der Waals surface area (Å²) in [5.41, 5.74) is 3.34. The highest BCUT2D eigenvalue weighted by Crippen LogP contribution is 2.37. The van der Waals surface area contributed by atoms with Crippen LogP contribution in [0.1, 0.15) is 18.1 Å². The molecule has 0 spiro atoms. The highest BCUT2D eigenvalue weighted by atomic mass is 32.2. The minimum atomic E-state index is -3.86. The van der Waals surface area contributed by atoms with E-state index in [1.54, 1.807) is 42.8 Å². The average Bonchev–Trinajstić information content (AvgIpc) is 3.51. The van der Waals surface area contributed by atoms with E-state index in [0.29, 0.717) is 40.1 Å². The molecule has 34 heavy (non-hydrogen) atoms. The smallest absolute Gasteiger partial charge is 0.269 e. The Morgan fingerprint density at radius 2 is 1.85 bits per heavy atom. The number of benzene rings is 2. The zero-order chi connectivity index (χ0) is 24.5. The van der Waals surface area contributed by atoms with Gasteiger partial charge in [0.25, 0.3) is 15.9 Å². The van der Waals surface area contributed by atoms with Crippen LogP contribution in [0.2, 0.25) is 0 Å². The third-order valence-electron chi connectivity index (χ3n) is 5.46. The first-order chi connectivity index (χ1) is 16.3. The predicted octanol–water partition coefficient (Wildman–Crippen LogP) is 5.31. The van der Waals surface area contributed by atoms with E-state index in [9.17, 15) is 8.42 Å². The second kappa shape index (κ2) is 9.47. The maximum absolute atomic E-state index is 13.5. The standard InChI is InChI=1S/C24H25N3O5S2/c1-6-31-19-10-8-17(14-20(19)30-5)23-25-24(32-26-23)22-21(11-12-33-22)34(28,29)27(4)18-9-7-15(2)16(3)13-18/h7-14H,6H2,1-5H3. The molecule has 0 fully saturated rings. The minimum Gasteiger partial charge on any atom is -0.493 e. The molecule has 10 heteroatoms. The SMILES string of the molecule is CCOc1ccc(-c2noc(-c3sccc3S(=O)(=O)N(C)c3ccc(C)c(C)c3)n2)cc1OC. The van der Waals surface area contributed by atoms with E-state index in [0.717, 1.165) is 11.1 Å². The van der Waals surface area contributed by atoms with Crippen molar-refractivity contribution in [3.63, 3.8) is 0 Å². The summed E-state index contributed by atoms with van der Waals surface area (Å²) in [6.07, 6.45) is 0. The number of hydrogen-bond acceptors (Lipinski definition) is 8. The first-order valence-electron chi connectivity index (χ1n) is 10.5. The number of aryl methyl sites for hydroxylation is 2. The quantitative estimate of drug-likeness (QED) is 0.324. The van der Waals surface area contributed by atoms with Crippen LogP contribution in [0.5, 0.6) is 11.5 Å².